The number of hydrogen-bond acceptors (Lipinski definition) is 4. The van der Waals surface area contributed by atoms with Crippen LogP contribution in [0, 0.1) is 0 Å². The first-order valence-corrected chi connectivity index (χ1v) is 9.45. The highest BCUT2D eigenvalue weighted by atomic mass is 127. The maximum Gasteiger partial charge on any atom is 0.191 e. The lowest BCUT2D eigenvalue weighted by atomic mass is 10.0. The molecule has 148 valence electrons. The Morgan fingerprint density at radius 1 is 1.35 bits per heavy atom. The molecule has 26 heavy (non-hydrogen) atoms. The van der Waals surface area contributed by atoms with Crippen molar-refractivity contribution in [2.45, 2.75) is 45.2 Å². The topological polar surface area (TPSA) is 55.8 Å². The summed E-state index contributed by atoms with van der Waals surface area (Å²) in [5, 5.41) is 6.84. The standard InChI is InChI=1S/C19H34N6.HI/c1-5-17-10-6-7-13-25(17)14-12-22-19(20-2)23-15-16-9-8-11-21-18(16)24(3)4;/h8-9,11,17H,5-7,10,12-15H2,1-4H3,(H2,20,22,23);1H. The third-order valence-corrected chi connectivity index (χ3v) is 4.87. The Morgan fingerprint density at radius 2 is 2.15 bits per heavy atom. The fraction of sp³-hybridized carbons (Fsp3) is 0.684. The summed E-state index contributed by atoms with van der Waals surface area (Å²) in [7, 11) is 5.85. The number of rotatable bonds is 7. The Hall–Kier alpha value is -1.09. The summed E-state index contributed by atoms with van der Waals surface area (Å²) in [6, 6.07) is 4.83. The Bertz CT molecular complexity index is 549. The average molecular weight is 474 g/mol. The van der Waals surface area contributed by atoms with Crippen LogP contribution in [0.4, 0.5) is 5.82 Å². The van der Waals surface area contributed by atoms with E-state index in [2.05, 4.69) is 38.5 Å². The van der Waals surface area contributed by atoms with Crippen LogP contribution in [-0.2, 0) is 6.54 Å². The number of piperidine rings is 1. The maximum absolute atomic E-state index is 4.44. The van der Waals surface area contributed by atoms with Gasteiger partial charge in [-0.05, 0) is 31.9 Å². The van der Waals surface area contributed by atoms with E-state index in [1.54, 1.807) is 0 Å². The van der Waals surface area contributed by atoms with Crippen molar-refractivity contribution in [3.8, 4) is 0 Å². The zero-order chi connectivity index (χ0) is 18.1. The van der Waals surface area contributed by atoms with Crippen molar-refractivity contribution < 1.29 is 0 Å². The minimum atomic E-state index is 0. The van der Waals surface area contributed by atoms with Crippen LogP contribution in [0.1, 0.15) is 38.2 Å². The van der Waals surface area contributed by atoms with Crippen molar-refractivity contribution in [2.75, 3.05) is 45.7 Å². The van der Waals surface area contributed by atoms with E-state index in [9.17, 15) is 0 Å². The predicted octanol–water partition coefficient (Wildman–Crippen LogP) is 2.70. The van der Waals surface area contributed by atoms with E-state index >= 15 is 0 Å². The van der Waals surface area contributed by atoms with Crippen LogP contribution < -0.4 is 15.5 Å². The van der Waals surface area contributed by atoms with Gasteiger partial charge in [-0.1, -0.05) is 19.4 Å². The molecule has 2 rings (SSSR count). The first kappa shape index (κ1) is 23.0. The maximum atomic E-state index is 4.44. The second kappa shape index (κ2) is 12.3. The van der Waals surface area contributed by atoms with Gasteiger partial charge in [0.1, 0.15) is 5.82 Å². The fourth-order valence-corrected chi connectivity index (χ4v) is 3.51. The molecule has 1 aromatic heterocycles. The molecule has 0 saturated carbocycles. The van der Waals surface area contributed by atoms with Gasteiger partial charge in [0.2, 0.25) is 0 Å². The number of halogens is 1. The molecule has 2 heterocycles. The van der Waals surface area contributed by atoms with Crippen LogP contribution in [0.2, 0.25) is 0 Å². The molecule has 1 atom stereocenters. The molecule has 0 spiro atoms. The van der Waals surface area contributed by atoms with Gasteiger partial charge in [0, 0.05) is 58.6 Å². The SMILES string of the molecule is CCC1CCCCN1CCNC(=NC)NCc1cccnc1N(C)C.I. The van der Waals surface area contributed by atoms with E-state index < -0.39 is 0 Å². The van der Waals surface area contributed by atoms with Crippen LogP contribution in [0.15, 0.2) is 23.3 Å². The van der Waals surface area contributed by atoms with Crippen LogP contribution in [0.3, 0.4) is 0 Å². The molecule has 2 N–H and O–H groups in total. The molecule has 0 bridgehead atoms. The predicted molar refractivity (Wildman–Crippen MR) is 122 cm³/mol. The number of guanidine groups is 1. The lowest BCUT2D eigenvalue weighted by molar-refractivity contribution is 0.147. The Labute approximate surface area is 175 Å². The van der Waals surface area contributed by atoms with Crippen LogP contribution >= 0.6 is 24.0 Å². The molecule has 1 aromatic rings. The quantitative estimate of drug-likeness (QED) is 0.362. The Morgan fingerprint density at radius 3 is 2.85 bits per heavy atom. The molecule has 0 aromatic carbocycles. The molecule has 1 fully saturated rings. The number of pyridine rings is 1. The van der Waals surface area contributed by atoms with Gasteiger partial charge in [-0.3, -0.25) is 9.89 Å². The summed E-state index contributed by atoms with van der Waals surface area (Å²) in [6.07, 6.45) is 7.14. The summed E-state index contributed by atoms with van der Waals surface area (Å²) in [6.45, 7) is 6.24. The van der Waals surface area contributed by atoms with Gasteiger partial charge in [0.05, 0.1) is 0 Å². The summed E-state index contributed by atoms with van der Waals surface area (Å²) < 4.78 is 0. The second-order valence-electron chi connectivity index (χ2n) is 6.83. The number of aliphatic imine (C=N–C) groups is 1. The van der Waals surface area contributed by atoms with Gasteiger partial charge in [0.25, 0.3) is 0 Å². The molecule has 1 saturated heterocycles. The lowest BCUT2D eigenvalue weighted by Crippen LogP contribution is -2.45. The lowest BCUT2D eigenvalue weighted by Gasteiger charge is -2.35. The van der Waals surface area contributed by atoms with Gasteiger partial charge >= 0.3 is 0 Å². The van der Waals surface area contributed by atoms with Crippen molar-refractivity contribution in [1.82, 2.24) is 20.5 Å². The van der Waals surface area contributed by atoms with Gasteiger partial charge < -0.3 is 15.5 Å². The summed E-state index contributed by atoms with van der Waals surface area (Å²) in [5.41, 5.74) is 1.16. The first-order chi connectivity index (χ1) is 12.2. The van der Waals surface area contributed by atoms with Gasteiger partial charge in [-0.2, -0.15) is 0 Å². The summed E-state index contributed by atoms with van der Waals surface area (Å²) in [4.78, 5) is 13.4. The van der Waals surface area contributed by atoms with E-state index in [0.717, 1.165) is 36.5 Å². The van der Waals surface area contributed by atoms with Crippen LogP contribution in [0.5, 0.6) is 0 Å². The second-order valence-corrected chi connectivity index (χ2v) is 6.83. The minimum absolute atomic E-state index is 0. The molecule has 1 aliphatic rings. The molecule has 1 aliphatic heterocycles. The fourth-order valence-electron chi connectivity index (χ4n) is 3.51. The Balaban J connectivity index is 0.00000338. The van der Waals surface area contributed by atoms with Crippen molar-refractivity contribution in [3.05, 3.63) is 23.9 Å². The van der Waals surface area contributed by atoms with E-state index in [1.165, 1.54) is 32.2 Å². The van der Waals surface area contributed by atoms with Crippen molar-refractivity contribution in [1.29, 1.82) is 0 Å². The van der Waals surface area contributed by atoms with Gasteiger partial charge in [-0.15, -0.1) is 24.0 Å². The molecule has 1 unspecified atom stereocenters. The number of anilines is 1. The van der Waals surface area contributed by atoms with Crippen molar-refractivity contribution in [3.63, 3.8) is 0 Å². The monoisotopic (exact) mass is 474 g/mol. The smallest absolute Gasteiger partial charge is 0.191 e. The first-order valence-electron chi connectivity index (χ1n) is 9.45. The van der Waals surface area contributed by atoms with Crippen molar-refractivity contribution in [2.24, 2.45) is 4.99 Å². The highest BCUT2D eigenvalue weighted by Crippen LogP contribution is 2.18. The molecular weight excluding hydrogens is 439 g/mol. The largest absolute Gasteiger partial charge is 0.362 e. The third kappa shape index (κ3) is 6.90. The number of hydrogen-bond donors (Lipinski definition) is 2. The zero-order valence-corrected chi connectivity index (χ0v) is 19.0. The Kier molecular flexibility index (Phi) is 10.9. The van der Waals surface area contributed by atoms with E-state index in [1.807, 2.05) is 38.3 Å². The van der Waals surface area contributed by atoms with Crippen LogP contribution in [-0.4, -0.2) is 62.7 Å². The molecule has 0 amide bonds. The average Bonchev–Trinajstić information content (AvgIpc) is 2.65. The van der Waals surface area contributed by atoms with Gasteiger partial charge in [0.15, 0.2) is 5.96 Å². The zero-order valence-electron chi connectivity index (χ0n) is 16.7. The number of likely N-dealkylation sites (tertiary alicyclic amines) is 1. The molecule has 0 radical (unpaired) electrons. The molecule has 0 aliphatic carbocycles. The van der Waals surface area contributed by atoms with Gasteiger partial charge in [-0.25, -0.2) is 4.98 Å². The highest BCUT2D eigenvalue weighted by molar-refractivity contribution is 14.0. The normalized spacial score (nSPS) is 18.2. The van der Waals surface area contributed by atoms with E-state index in [0.29, 0.717) is 6.54 Å². The number of aromatic nitrogens is 1. The summed E-state index contributed by atoms with van der Waals surface area (Å²) in [5.74, 6) is 1.84. The number of nitrogens with zero attached hydrogens (tertiary/aromatic N) is 4. The van der Waals surface area contributed by atoms with Crippen LogP contribution in [0.25, 0.3) is 0 Å². The van der Waals surface area contributed by atoms with E-state index in [-0.39, 0.29) is 24.0 Å². The van der Waals surface area contributed by atoms with E-state index in [4.69, 9.17) is 0 Å². The summed E-state index contributed by atoms with van der Waals surface area (Å²) >= 11 is 0. The third-order valence-electron chi connectivity index (χ3n) is 4.87. The number of nitrogens with one attached hydrogen (secondary N) is 2. The molecular formula is C19H35IN6. The highest BCUT2D eigenvalue weighted by Gasteiger charge is 2.19. The minimum Gasteiger partial charge on any atom is -0.362 e. The molecule has 7 heteroatoms. The molecule has 6 nitrogen and oxygen atoms in total. The van der Waals surface area contributed by atoms with Crippen molar-refractivity contribution >= 4 is 35.8 Å².